The molecule has 1 saturated heterocycles. The molecule has 0 saturated carbocycles. The maximum atomic E-state index is 13.4. The molecule has 2 amide bonds. The molecule has 1 aliphatic rings. The average Bonchev–Trinajstić information content (AvgIpc) is 3.00. The summed E-state index contributed by atoms with van der Waals surface area (Å²) in [5, 5.41) is 11.5. The molecule has 0 unspecified atom stereocenters. The average molecular weight is 374 g/mol. The minimum Gasteiger partial charge on any atom is -0.478 e. The molecule has 8 heteroatoms. The number of halogens is 2. The highest BCUT2D eigenvalue weighted by atomic mass is 19.1. The van der Waals surface area contributed by atoms with Crippen molar-refractivity contribution >= 4 is 23.5 Å². The molecule has 140 valence electrons. The minimum absolute atomic E-state index is 0.0806. The summed E-state index contributed by atoms with van der Waals surface area (Å²) in [6, 6.07) is 8.79. The topological polar surface area (TPSA) is 86.7 Å². The molecule has 0 aromatic heterocycles. The van der Waals surface area contributed by atoms with Crippen LogP contribution in [0.25, 0.3) is 0 Å². The lowest BCUT2D eigenvalue weighted by atomic mass is 10.1. The molecule has 1 aliphatic heterocycles. The first-order valence-corrected chi connectivity index (χ1v) is 8.22. The van der Waals surface area contributed by atoms with E-state index in [-0.39, 0.29) is 30.8 Å². The van der Waals surface area contributed by atoms with E-state index >= 15 is 0 Å². The minimum atomic E-state index is -1.05. The van der Waals surface area contributed by atoms with E-state index in [1.807, 2.05) is 0 Å². The zero-order valence-electron chi connectivity index (χ0n) is 14.1. The van der Waals surface area contributed by atoms with Crippen molar-refractivity contribution in [3.8, 4) is 0 Å². The van der Waals surface area contributed by atoms with Gasteiger partial charge in [-0.3, -0.25) is 9.59 Å². The SMILES string of the molecule is O=C(O)c1ccc(CNC(=O)[C@@H]2CCN(c3cc(F)cc(F)c3)C2=O)cc1. The number of carbonyl (C=O) groups excluding carboxylic acids is 2. The van der Waals surface area contributed by atoms with Crippen LogP contribution in [-0.2, 0) is 16.1 Å². The number of aromatic carboxylic acids is 1. The zero-order valence-corrected chi connectivity index (χ0v) is 14.1. The second kappa shape index (κ2) is 7.53. The monoisotopic (exact) mass is 374 g/mol. The fraction of sp³-hybridized carbons (Fsp3) is 0.211. The van der Waals surface area contributed by atoms with E-state index in [9.17, 15) is 23.2 Å². The van der Waals surface area contributed by atoms with Gasteiger partial charge in [-0.1, -0.05) is 12.1 Å². The van der Waals surface area contributed by atoms with Crippen molar-refractivity contribution in [3.05, 3.63) is 65.2 Å². The van der Waals surface area contributed by atoms with Crippen LogP contribution >= 0.6 is 0 Å². The third kappa shape index (κ3) is 4.11. The lowest BCUT2D eigenvalue weighted by Crippen LogP contribution is -2.36. The maximum absolute atomic E-state index is 13.4. The Morgan fingerprint density at radius 1 is 1.11 bits per heavy atom. The van der Waals surface area contributed by atoms with Crippen LogP contribution in [0.2, 0.25) is 0 Å². The standard InChI is InChI=1S/C19H16F2N2O4/c20-13-7-14(21)9-15(8-13)23-6-5-16(18(23)25)17(24)22-10-11-1-3-12(4-2-11)19(26)27/h1-4,7-9,16H,5-6,10H2,(H,22,24)(H,26,27)/t16-/m0/s1. The quantitative estimate of drug-likeness (QED) is 0.787. The number of nitrogens with zero attached hydrogens (tertiary/aromatic N) is 1. The molecule has 6 nitrogen and oxygen atoms in total. The van der Waals surface area contributed by atoms with E-state index in [4.69, 9.17) is 5.11 Å². The predicted octanol–water partition coefficient (Wildman–Crippen LogP) is 2.33. The first-order valence-electron chi connectivity index (χ1n) is 8.22. The van der Waals surface area contributed by atoms with Crippen molar-refractivity contribution in [3.63, 3.8) is 0 Å². The van der Waals surface area contributed by atoms with Crippen LogP contribution in [0.3, 0.4) is 0 Å². The summed E-state index contributed by atoms with van der Waals surface area (Å²) in [5.41, 5.74) is 0.897. The second-order valence-corrected chi connectivity index (χ2v) is 6.18. The molecule has 1 atom stereocenters. The third-order valence-corrected chi connectivity index (χ3v) is 4.35. The highest BCUT2D eigenvalue weighted by Gasteiger charge is 2.37. The van der Waals surface area contributed by atoms with Crippen molar-refractivity contribution in [2.24, 2.45) is 5.92 Å². The van der Waals surface area contributed by atoms with Gasteiger partial charge in [-0.05, 0) is 36.2 Å². The molecule has 0 bridgehead atoms. The van der Waals surface area contributed by atoms with E-state index in [2.05, 4.69) is 5.32 Å². The number of carboxylic acid groups (broad SMARTS) is 1. The van der Waals surface area contributed by atoms with Gasteiger partial charge in [0.2, 0.25) is 11.8 Å². The summed E-state index contributed by atoms with van der Waals surface area (Å²) in [5.74, 6) is -4.57. The van der Waals surface area contributed by atoms with Crippen molar-refractivity contribution in [2.75, 3.05) is 11.4 Å². The van der Waals surface area contributed by atoms with Crippen LogP contribution in [0.4, 0.5) is 14.5 Å². The van der Waals surface area contributed by atoms with E-state index < -0.39 is 35.3 Å². The molecule has 2 N–H and O–H groups in total. The maximum Gasteiger partial charge on any atom is 0.335 e. The molecule has 1 fully saturated rings. The normalized spacial score (nSPS) is 16.4. The smallest absolute Gasteiger partial charge is 0.335 e. The number of nitrogens with one attached hydrogen (secondary N) is 1. The number of carbonyl (C=O) groups is 3. The first-order chi connectivity index (χ1) is 12.8. The molecule has 1 heterocycles. The van der Waals surface area contributed by atoms with Gasteiger partial charge in [0.15, 0.2) is 0 Å². The molecule has 0 spiro atoms. The van der Waals surface area contributed by atoms with Gasteiger partial charge < -0.3 is 15.3 Å². The predicted molar refractivity (Wildman–Crippen MR) is 92.1 cm³/mol. The summed E-state index contributed by atoms with van der Waals surface area (Å²) in [6.07, 6.45) is 0.237. The van der Waals surface area contributed by atoms with Crippen molar-refractivity contribution in [2.45, 2.75) is 13.0 Å². The molecular formula is C19H16F2N2O4. The van der Waals surface area contributed by atoms with Crippen LogP contribution in [0.5, 0.6) is 0 Å². The molecule has 27 heavy (non-hydrogen) atoms. The van der Waals surface area contributed by atoms with Gasteiger partial charge in [0.25, 0.3) is 0 Å². The summed E-state index contributed by atoms with van der Waals surface area (Å²) in [4.78, 5) is 36.8. The van der Waals surface area contributed by atoms with Crippen molar-refractivity contribution in [1.29, 1.82) is 0 Å². The van der Waals surface area contributed by atoms with E-state index in [0.717, 1.165) is 12.1 Å². The number of carboxylic acids is 1. The molecule has 3 rings (SSSR count). The Bertz CT molecular complexity index is 879. The van der Waals surface area contributed by atoms with Gasteiger partial charge in [0, 0.05) is 24.8 Å². The fourth-order valence-corrected chi connectivity index (χ4v) is 2.95. The molecular weight excluding hydrogens is 358 g/mol. The van der Waals surface area contributed by atoms with Gasteiger partial charge in [-0.2, -0.15) is 0 Å². The Morgan fingerprint density at radius 2 is 1.74 bits per heavy atom. The lowest BCUT2D eigenvalue weighted by molar-refractivity contribution is -0.132. The fourth-order valence-electron chi connectivity index (χ4n) is 2.95. The molecule has 0 radical (unpaired) electrons. The summed E-state index contributed by atoms with van der Waals surface area (Å²) < 4.78 is 26.7. The number of rotatable bonds is 5. The number of hydrogen-bond acceptors (Lipinski definition) is 3. The summed E-state index contributed by atoms with van der Waals surface area (Å²) in [6.45, 7) is 0.324. The first kappa shape index (κ1) is 18.5. The summed E-state index contributed by atoms with van der Waals surface area (Å²) in [7, 11) is 0. The Kier molecular flexibility index (Phi) is 5.16. The van der Waals surface area contributed by atoms with Crippen LogP contribution in [-0.4, -0.2) is 29.4 Å². The summed E-state index contributed by atoms with van der Waals surface area (Å²) >= 11 is 0. The van der Waals surface area contributed by atoms with Crippen LogP contribution < -0.4 is 10.2 Å². The van der Waals surface area contributed by atoms with Gasteiger partial charge in [0.05, 0.1) is 5.56 Å². The van der Waals surface area contributed by atoms with Gasteiger partial charge >= 0.3 is 5.97 Å². The van der Waals surface area contributed by atoms with Gasteiger partial charge in [-0.25, -0.2) is 13.6 Å². The van der Waals surface area contributed by atoms with Crippen LogP contribution in [0, 0.1) is 17.6 Å². The van der Waals surface area contributed by atoms with E-state index in [0.29, 0.717) is 11.6 Å². The number of hydrogen-bond donors (Lipinski definition) is 2. The molecule has 2 aromatic carbocycles. The lowest BCUT2D eigenvalue weighted by Gasteiger charge is -2.17. The van der Waals surface area contributed by atoms with Crippen molar-refractivity contribution in [1.82, 2.24) is 5.32 Å². The Hall–Kier alpha value is -3.29. The number of amides is 2. The highest BCUT2D eigenvalue weighted by Crippen LogP contribution is 2.27. The number of anilines is 1. The molecule has 2 aromatic rings. The highest BCUT2D eigenvalue weighted by molar-refractivity contribution is 6.09. The van der Waals surface area contributed by atoms with Gasteiger partial charge in [-0.15, -0.1) is 0 Å². The Balaban J connectivity index is 1.62. The largest absolute Gasteiger partial charge is 0.478 e. The van der Waals surface area contributed by atoms with E-state index in [1.165, 1.54) is 17.0 Å². The van der Waals surface area contributed by atoms with Gasteiger partial charge in [0.1, 0.15) is 17.6 Å². The van der Waals surface area contributed by atoms with E-state index in [1.54, 1.807) is 12.1 Å². The third-order valence-electron chi connectivity index (χ3n) is 4.35. The zero-order chi connectivity index (χ0) is 19.6. The Morgan fingerprint density at radius 3 is 2.33 bits per heavy atom. The second-order valence-electron chi connectivity index (χ2n) is 6.18. The number of benzene rings is 2. The van der Waals surface area contributed by atoms with Crippen LogP contribution in [0.1, 0.15) is 22.3 Å². The molecule has 0 aliphatic carbocycles. The van der Waals surface area contributed by atoms with Crippen molar-refractivity contribution < 1.29 is 28.3 Å². The van der Waals surface area contributed by atoms with Crippen LogP contribution in [0.15, 0.2) is 42.5 Å². The Labute approximate surface area is 153 Å².